The molecular weight excluding hydrogens is 228 g/mol. The van der Waals surface area contributed by atoms with Gasteiger partial charge in [0.15, 0.2) is 0 Å². The summed E-state index contributed by atoms with van der Waals surface area (Å²) in [5.74, 6) is 0. The number of benzene rings is 1. The maximum atomic E-state index is 12.6. The van der Waals surface area contributed by atoms with Gasteiger partial charge >= 0.3 is 0 Å². The van der Waals surface area contributed by atoms with E-state index in [1.54, 1.807) is 0 Å². The average Bonchev–Trinajstić information content (AvgIpc) is 2.95. The van der Waals surface area contributed by atoms with E-state index in [1.807, 2.05) is 37.3 Å². The molecule has 0 bridgehead atoms. The molecule has 1 saturated carbocycles. The van der Waals surface area contributed by atoms with Gasteiger partial charge in [0, 0.05) is 18.4 Å². The highest BCUT2D eigenvalue weighted by Gasteiger charge is 2.57. The molecule has 0 unspecified atom stereocenters. The summed E-state index contributed by atoms with van der Waals surface area (Å²) in [6.07, 6.45) is 3.50. The van der Waals surface area contributed by atoms with E-state index in [2.05, 4.69) is 0 Å². The molecule has 1 aliphatic carbocycles. The Morgan fingerprint density at radius 2 is 1.89 bits per heavy atom. The summed E-state index contributed by atoms with van der Waals surface area (Å²) >= 11 is 0. The van der Waals surface area contributed by atoms with Crippen LogP contribution in [-0.2, 0) is 0 Å². The molecule has 0 amide bonds. The van der Waals surface area contributed by atoms with Crippen LogP contribution >= 0.6 is 0 Å². The predicted octanol–water partition coefficient (Wildman–Crippen LogP) is 2.35. The minimum atomic E-state index is -0.718. The van der Waals surface area contributed by atoms with Gasteiger partial charge in [-0.25, -0.2) is 0 Å². The van der Waals surface area contributed by atoms with Crippen LogP contribution in [0.15, 0.2) is 30.3 Å². The van der Waals surface area contributed by atoms with Crippen molar-refractivity contribution in [2.45, 2.75) is 44.3 Å². The lowest BCUT2D eigenvalue weighted by Crippen LogP contribution is -2.48. The number of rotatable bonds is 1. The van der Waals surface area contributed by atoms with Crippen LogP contribution in [0.25, 0.3) is 0 Å². The summed E-state index contributed by atoms with van der Waals surface area (Å²) in [5.41, 5.74) is 0.868. The largest absolute Gasteiger partial charge is 0.622 e. The zero-order chi connectivity index (χ0) is 12.8. The Balaban J connectivity index is 2.10. The van der Waals surface area contributed by atoms with E-state index in [-0.39, 0.29) is 6.04 Å². The molecule has 0 aromatic heterocycles. The van der Waals surface area contributed by atoms with Crippen molar-refractivity contribution < 1.29 is 9.95 Å². The van der Waals surface area contributed by atoms with Crippen molar-refractivity contribution in [2.75, 3.05) is 0 Å². The molecule has 3 rings (SSSR count). The molecular formula is C14H18N2O2. The van der Waals surface area contributed by atoms with Crippen molar-refractivity contribution in [1.82, 2.24) is 5.06 Å². The zero-order valence-corrected chi connectivity index (χ0v) is 10.5. The van der Waals surface area contributed by atoms with Gasteiger partial charge < -0.3 is 10.4 Å². The molecule has 1 aromatic carbocycles. The first-order valence-corrected chi connectivity index (χ1v) is 6.55. The van der Waals surface area contributed by atoms with Crippen LogP contribution in [0, 0.1) is 5.21 Å². The Morgan fingerprint density at radius 1 is 1.28 bits per heavy atom. The molecule has 0 radical (unpaired) electrons. The summed E-state index contributed by atoms with van der Waals surface area (Å²) in [6.45, 7) is 1.89. The van der Waals surface area contributed by atoms with E-state index in [4.69, 9.17) is 0 Å². The first-order chi connectivity index (χ1) is 8.67. The summed E-state index contributed by atoms with van der Waals surface area (Å²) in [5, 5.41) is 24.2. The van der Waals surface area contributed by atoms with E-state index in [0.29, 0.717) is 5.71 Å². The van der Waals surface area contributed by atoms with Crippen molar-refractivity contribution >= 4 is 5.71 Å². The molecule has 1 spiro atoms. The summed E-state index contributed by atoms with van der Waals surface area (Å²) in [4.78, 5) is 0. The van der Waals surface area contributed by atoms with E-state index in [9.17, 15) is 10.4 Å². The third-order valence-electron chi connectivity index (χ3n) is 4.26. The Morgan fingerprint density at radius 3 is 2.50 bits per heavy atom. The molecule has 2 aliphatic rings. The van der Waals surface area contributed by atoms with Crippen molar-refractivity contribution in [3.05, 3.63) is 41.1 Å². The SMILES string of the molecule is C[C@H]1C(c2ccccc2)=[N+]([O-])C2(CCCC2)N1O. The molecule has 0 saturated heterocycles. The van der Waals surface area contributed by atoms with Crippen LogP contribution in [0.5, 0.6) is 0 Å². The van der Waals surface area contributed by atoms with Gasteiger partial charge in [0.25, 0.3) is 5.66 Å². The molecule has 1 aromatic rings. The Hall–Kier alpha value is -1.39. The molecule has 1 atom stereocenters. The van der Waals surface area contributed by atoms with Gasteiger partial charge in [0.05, 0.1) is 0 Å². The maximum Gasteiger partial charge on any atom is 0.251 e. The van der Waals surface area contributed by atoms with E-state index in [0.717, 1.165) is 36.0 Å². The van der Waals surface area contributed by atoms with Crippen LogP contribution in [0.1, 0.15) is 38.2 Å². The number of hydrogen-bond donors (Lipinski definition) is 1. The van der Waals surface area contributed by atoms with E-state index >= 15 is 0 Å². The third kappa shape index (κ3) is 1.42. The molecule has 1 heterocycles. The van der Waals surface area contributed by atoms with Crippen molar-refractivity contribution in [3.63, 3.8) is 0 Å². The van der Waals surface area contributed by atoms with Crippen molar-refractivity contribution in [1.29, 1.82) is 0 Å². The minimum absolute atomic E-state index is 0.247. The Kier molecular flexibility index (Phi) is 2.64. The number of nitrogens with zero attached hydrogens (tertiary/aromatic N) is 2. The third-order valence-corrected chi connectivity index (χ3v) is 4.26. The van der Waals surface area contributed by atoms with Gasteiger partial charge in [-0.05, 0) is 31.9 Å². The van der Waals surface area contributed by atoms with Crippen molar-refractivity contribution in [3.8, 4) is 0 Å². The molecule has 96 valence electrons. The second kappa shape index (κ2) is 4.07. The number of hydroxylamine groups is 3. The minimum Gasteiger partial charge on any atom is -0.622 e. The monoisotopic (exact) mass is 246 g/mol. The lowest BCUT2D eigenvalue weighted by atomic mass is 10.1. The molecule has 1 N–H and O–H groups in total. The topological polar surface area (TPSA) is 49.5 Å². The molecule has 4 nitrogen and oxygen atoms in total. The first-order valence-electron chi connectivity index (χ1n) is 6.55. The normalized spacial score (nSPS) is 27.3. The lowest BCUT2D eigenvalue weighted by Gasteiger charge is -2.28. The fourth-order valence-electron chi connectivity index (χ4n) is 3.30. The molecule has 1 aliphatic heterocycles. The van der Waals surface area contributed by atoms with Gasteiger partial charge in [-0.15, -0.1) is 5.06 Å². The van der Waals surface area contributed by atoms with Gasteiger partial charge in [0.1, 0.15) is 6.04 Å². The summed E-state index contributed by atoms with van der Waals surface area (Å²) in [6, 6.07) is 9.38. The second-order valence-corrected chi connectivity index (χ2v) is 5.26. The van der Waals surface area contributed by atoms with E-state index < -0.39 is 5.66 Å². The highest BCUT2D eigenvalue weighted by molar-refractivity contribution is 6.01. The fraction of sp³-hybridized carbons (Fsp3) is 0.500. The summed E-state index contributed by atoms with van der Waals surface area (Å²) < 4.78 is 1.06. The molecule has 18 heavy (non-hydrogen) atoms. The van der Waals surface area contributed by atoms with E-state index in [1.165, 1.54) is 5.06 Å². The Bertz CT molecular complexity index is 478. The van der Waals surface area contributed by atoms with Crippen LogP contribution in [-0.4, -0.2) is 32.4 Å². The number of hydrogen-bond acceptors (Lipinski definition) is 3. The smallest absolute Gasteiger partial charge is 0.251 e. The highest BCUT2D eigenvalue weighted by atomic mass is 16.6. The van der Waals surface area contributed by atoms with Gasteiger partial charge in [0.2, 0.25) is 5.71 Å². The Labute approximate surface area is 107 Å². The van der Waals surface area contributed by atoms with Crippen LogP contribution in [0.3, 0.4) is 0 Å². The van der Waals surface area contributed by atoms with Gasteiger partial charge in [-0.2, -0.15) is 4.74 Å². The van der Waals surface area contributed by atoms with Gasteiger partial charge in [-0.1, -0.05) is 18.2 Å². The van der Waals surface area contributed by atoms with Crippen molar-refractivity contribution in [2.24, 2.45) is 0 Å². The van der Waals surface area contributed by atoms with Crippen LogP contribution in [0.4, 0.5) is 0 Å². The van der Waals surface area contributed by atoms with Gasteiger partial charge in [-0.3, -0.25) is 0 Å². The quantitative estimate of drug-likeness (QED) is 0.611. The predicted molar refractivity (Wildman–Crippen MR) is 68.5 cm³/mol. The fourth-order valence-corrected chi connectivity index (χ4v) is 3.30. The van der Waals surface area contributed by atoms with Crippen LogP contribution < -0.4 is 0 Å². The lowest BCUT2D eigenvalue weighted by molar-refractivity contribution is -0.588. The second-order valence-electron chi connectivity index (χ2n) is 5.26. The highest BCUT2D eigenvalue weighted by Crippen LogP contribution is 2.40. The average molecular weight is 246 g/mol. The standard InChI is InChI=1S/C14H18N2O2/c1-11-13(12-7-3-2-4-8-12)16(18)14(15(11)17)9-5-6-10-14/h2-4,7-8,11,17H,5-6,9-10H2,1H3/t11-/m0/s1. The maximum absolute atomic E-state index is 12.6. The molecule has 4 heteroatoms. The summed E-state index contributed by atoms with van der Waals surface area (Å²) in [7, 11) is 0. The first kappa shape index (κ1) is 11.7. The van der Waals surface area contributed by atoms with Crippen LogP contribution in [0.2, 0.25) is 0 Å². The zero-order valence-electron chi connectivity index (χ0n) is 10.5. The molecule has 1 fully saturated rings.